The SMILES string of the molecule is Cc1nn(C)c(C)c1-c1c(Cl)ccc2c(CCCOc3cccc4c3CCCC4)c(C(=O)OC(C)(C)C)n(CCN3CCN(C)CC3)c12. The third kappa shape index (κ3) is 7.17. The van der Waals surface area contributed by atoms with Crippen molar-refractivity contribution >= 4 is 28.5 Å². The van der Waals surface area contributed by atoms with Crippen molar-refractivity contribution in [1.29, 1.82) is 0 Å². The van der Waals surface area contributed by atoms with Crippen LogP contribution in [0.1, 0.15) is 78.6 Å². The van der Waals surface area contributed by atoms with Crippen LogP contribution in [-0.2, 0) is 37.6 Å². The molecule has 1 saturated heterocycles. The molecule has 0 spiro atoms. The summed E-state index contributed by atoms with van der Waals surface area (Å²) in [6.07, 6.45) is 6.09. The lowest BCUT2D eigenvalue weighted by atomic mass is 9.91. The number of nitrogens with zero attached hydrogens (tertiary/aromatic N) is 5. The first-order chi connectivity index (χ1) is 22.9. The van der Waals surface area contributed by atoms with Gasteiger partial charge >= 0.3 is 5.97 Å². The van der Waals surface area contributed by atoms with Crippen LogP contribution < -0.4 is 4.74 Å². The van der Waals surface area contributed by atoms with Gasteiger partial charge in [-0.3, -0.25) is 9.58 Å². The van der Waals surface area contributed by atoms with Crippen molar-refractivity contribution in [1.82, 2.24) is 24.1 Å². The van der Waals surface area contributed by atoms with Crippen molar-refractivity contribution < 1.29 is 14.3 Å². The molecule has 9 heteroatoms. The first kappa shape index (κ1) is 34.5. The van der Waals surface area contributed by atoms with E-state index in [4.69, 9.17) is 26.2 Å². The molecule has 8 nitrogen and oxygen atoms in total. The average Bonchev–Trinajstić information content (AvgIpc) is 3.49. The molecule has 0 unspecified atom stereocenters. The Morgan fingerprint density at radius 3 is 2.42 bits per heavy atom. The highest BCUT2D eigenvalue weighted by Crippen LogP contribution is 2.42. The maximum absolute atomic E-state index is 14.3. The van der Waals surface area contributed by atoms with E-state index in [9.17, 15) is 4.79 Å². The molecule has 0 saturated carbocycles. The molecule has 48 heavy (non-hydrogen) atoms. The number of aromatic nitrogens is 3. The van der Waals surface area contributed by atoms with Crippen LogP contribution in [0.4, 0.5) is 0 Å². The smallest absolute Gasteiger partial charge is 0.355 e. The van der Waals surface area contributed by atoms with Gasteiger partial charge in [-0.2, -0.15) is 5.10 Å². The van der Waals surface area contributed by atoms with Crippen LogP contribution in [0.5, 0.6) is 5.75 Å². The Balaban J connectivity index is 1.43. The van der Waals surface area contributed by atoms with Crippen LogP contribution in [0, 0.1) is 13.8 Å². The van der Waals surface area contributed by atoms with E-state index in [0.29, 0.717) is 30.3 Å². The molecule has 2 aromatic carbocycles. The lowest BCUT2D eigenvalue weighted by Crippen LogP contribution is -2.45. The minimum Gasteiger partial charge on any atom is -0.493 e. The van der Waals surface area contributed by atoms with Crippen molar-refractivity contribution in [2.75, 3.05) is 46.4 Å². The molecule has 1 aliphatic carbocycles. The zero-order chi connectivity index (χ0) is 34.2. The number of carbonyl (C=O) groups excluding carboxylic acids is 1. The van der Waals surface area contributed by atoms with Gasteiger partial charge in [0.2, 0.25) is 0 Å². The molecule has 0 bridgehead atoms. The molecule has 258 valence electrons. The fraction of sp³-hybridized carbons (Fsp3) is 0.538. The molecule has 2 aromatic heterocycles. The van der Waals surface area contributed by atoms with E-state index >= 15 is 0 Å². The van der Waals surface area contributed by atoms with E-state index in [1.54, 1.807) is 0 Å². The van der Waals surface area contributed by atoms with Gasteiger partial charge in [-0.15, -0.1) is 0 Å². The van der Waals surface area contributed by atoms with E-state index in [0.717, 1.165) is 96.7 Å². The van der Waals surface area contributed by atoms with Gasteiger partial charge in [-0.25, -0.2) is 4.79 Å². The van der Waals surface area contributed by atoms with Gasteiger partial charge in [0.05, 0.1) is 22.8 Å². The number of hydrogen-bond donors (Lipinski definition) is 0. The van der Waals surface area contributed by atoms with Gasteiger partial charge in [-0.05, 0) is 109 Å². The van der Waals surface area contributed by atoms with Gasteiger partial charge in [0.25, 0.3) is 0 Å². The number of likely N-dealkylation sites (N-methyl/N-ethyl adjacent to an activating group) is 1. The predicted octanol–water partition coefficient (Wildman–Crippen LogP) is 7.41. The van der Waals surface area contributed by atoms with E-state index in [1.807, 2.05) is 45.5 Å². The monoisotopic (exact) mass is 673 g/mol. The number of rotatable bonds is 10. The molecule has 4 aromatic rings. The molecule has 2 aliphatic rings. The number of halogens is 1. The van der Waals surface area contributed by atoms with Crippen molar-refractivity contribution in [3.8, 4) is 16.9 Å². The Morgan fingerprint density at radius 1 is 0.958 bits per heavy atom. The molecule has 0 N–H and O–H groups in total. The van der Waals surface area contributed by atoms with E-state index in [2.05, 4.69) is 52.6 Å². The van der Waals surface area contributed by atoms with Gasteiger partial charge in [0.1, 0.15) is 17.0 Å². The lowest BCUT2D eigenvalue weighted by Gasteiger charge is -2.32. The summed E-state index contributed by atoms with van der Waals surface area (Å²) in [5.41, 5.74) is 8.63. The summed E-state index contributed by atoms with van der Waals surface area (Å²) in [5.74, 6) is 0.706. The topological polar surface area (TPSA) is 64.8 Å². The molecule has 3 heterocycles. The van der Waals surface area contributed by atoms with Gasteiger partial charge < -0.3 is 18.9 Å². The fourth-order valence-corrected chi connectivity index (χ4v) is 7.77. The molecule has 1 aliphatic heterocycles. The molecule has 0 amide bonds. The number of fused-ring (bicyclic) bond motifs is 2. The predicted molar refractivity (Wildman–Crippen MR) is 195 cm³/mol. The molecular formula is C39H52ClN5O3. The van der Waals surface area contributed by atoms with Gasteiger partial charge in [-0.1, -0.05) is 29.8 Å². The Morgan fingerprint density at radius 2 is 1.71 bits per heavy atom. The third-order valence-electron chi connectivity index (χ3n) is 10.0. The summed E-state index contributed by atoms with van der Waals surface area (Å²) >= 11 is 7.13. The first-order valence-electron chi connectivity index (χ1n) is 17.6. The summed E-state index contributed by atoms with van der Waals surface area (Å²) in [6.45, 7) is 16.0. The summed E-state index contributed by atoms with van der Waals surface area (Å²) in [5, 5.41) is 6.44. The number of aryl methyl sites for hydroxylation is 4. The Labute approximate surface area is 290 Å². The summed E-state index contributed by atoms with van der Waals surface area (Å²) < 4.78 is 16.7. The zero-order valence-electron chi connectivity index (χ0n) is 29.9. The van der Waals surface area contributed by atoms with Gasteiger partial charge in [0.15, 0.2) is 0 Å². The molecule has 0 atom stereocenters. The molecular weight excluding hydrogens is 622 g/mol. The highest BCUT2D eigenvalue weighted by atomic mass is 35.5. The largest absolute Gasteiger partial charge is 0.493 e. The normalized spacial score (nSPS) is 16.0. The fourth-order valence-electron chi connectivity index (χ4n) is 7.53. The minimum atomic E-state index is -0.639. The maximum atomic E-state index is 14.3. The quantitative estimate of drug-likeness (QED) is 0.129. The Kier molecular flexibility index (Phi) is 10.3. The number of carbonyl (C=O) groups is 1. The van der Waals surface area contributed by atoms with Crippen molar-refractivity contribution in [3.05, 3.63) is 69.1 Å². The summed E-state index contributed by atoms with van der Waals surface area (Å²) in [4.78, 5) is 19.2. The summed E-state index contributed by atoms with van der Waals surface area (Å²) in [7, 11) is 4.14. The van der Waals surface area contributed by atoms with E-state index < -0.39 is 5.60 Å². The lowest BCUT2D eigenvalue weighted by molar-refractivity contribution is 0.00560. The standard InChI is InChI=1S/C39H52ClN5O3/c1-26-34(27(2)43(7)41-26)35-32(40)18-17-31-30(15-11-25-47-33-16-10-13-28-12-8-9-14-29(28)33)37(38(46)48-39(3,4)5)45(36(31)35)24-23-44-21-19-42(6)20-22-44/h10,13,16-18H,8-9,11-12,14-15,19-25H2,1-7H3. The van der Waals surface area contributed by atoms with Crippen LogP contribution in [0.3, 0.4) is 0 Å². The number of hydrogen-bond acceptors (Lipinski definition) is 6. The second-order valence-corrected chi connectivity index (χ2v) is 15.1. The average molecular weight is 674 g/mol. The van der Waals surface area contributed by atoms with Crippen LogP contribution in [0.15, 0.2) is 30.3 Å². The van der Waals surface area contributed by atoms with Crippen LogP contribution in [-0.4, -0.2) is 82.1 Å². The zero-order valence-corrected chi connectivity index (χ0v) is 30.7. The van der Waals surface area contributed by atoms with E-state index in [1.165, 1.54) is 24.0 Å². The van der Waals surface area contributed by atoms with Crippen LogP contribution >= 0.6 is 11.6 Å². The van der Waals surface area contributed by atoms with E-state index in [-0.39, 0.29) is 5.97 Å². The summed E-state index contributed by atoms with van der Waals surface area (Å²) in [6, 6.07) is 10.5. The first-order valence-corrected chi connectivity index (χ1v) is 18.0. The van der Waals surface area contributed by atoms with Gasteiger partial charge in [0, 0.05) is 68.5 Å². The second kappa shape index (κ2) is 14.3. The van der Waals surface area contributed by atoms with Crippen molar-refractivity contribution in [2.45, 2.75) is 85.3 Å². The Bertz CT molecular complexity index is 1790. The highest BCUT2D eigenvalue weighted by Gasteiger charge is 2.31. The highest BCUT2D eigenvalue weighted by molar-refractivity contribution is 6.35. The molecule has 1 fully saturated rings. The van der Waals surface area contributed by atoms with Crippen LogP contribution in [0.2, 0.25) is 5.02 Å². The molecule has 0 radical (unpaired) electrons. The third-order valence-corrected chi connectivity index (χ3v) is 10.4. The van der Waals surface area contributed by atoms with Crippen molar-refractivity contribution in [3.63, 3.8) is 0 Å². The number of ether oxygens (including phenoxy) is 2. The number of esters is 1. The maximum Gasteiger partial charge on any atom is 0.355 e. The molecule has 6 rings (SSSR count). The minimum absolute atomic E-state index is 0.299. The van der Waals surface area contributed by atoms with Crippen LogP contribution in [0.25, 0.3) is 22.0 Å². The number of piperazine rings is 1. The van der Waals surface area contributed by atoms with Crippen molar-refractivity contribution in [2.24, 2.45) is 7.05 Å². The second-order valence-electron chi connectivity index (χ2n) is 14.7. The Hall–Kier alpha value is -3.33. The number of benzene rings is 2.